The van der Waals surface area contributed by atoms with Gasteiger partial charge in [-0.3, -0.25) is 4.79 Å². The van der Waals surface area contributed by atoms with Gasteiger partial charge in [-0.05, 0) is 44.4 Å². The third-order valence-electron chi connectivity index (χ3n) is 4.83. The molecule has 7 heteroatoms. The number of carbonyl (C=O) groups excluding carboxylic acids is 1. The van der Waals surface area contributed by atoms with E-state index in [1.54, 1.807) is 4.52 Å². The Balaban J connectivity index is 1.99. The molecule has 4 rings (SSSR count). The molecule has 1 atom stereocenters. The van der Waals surface area contributed by atoms with Gasteiger partial charge in [0.15, 0.2) is 5.65 Å². The molecule has 2 N–H and O–H groups in total. The van der Waals surface area contributed by atoms with Gasteiger partial charge in [0.1, 0.15) is 23.4 Å². The van der Waals surface area contributed by atoms with Crippen molar-refractivity contribution in [2.45, 2.75) is 31.7 Å². The molecule has 1 saturated heterocycles. The number of nitrogen functional groups attached to an aromatic ring is 1. The molecular formula is C17H19N5O2. The van der Waals surface area contributed by atoms with Gasteiger partial charge >= 0.3 is 0 Å². The SMILES string of the molecule is Cc1ccc(C2(c3cc(N)c4ncnn4c3)CCCCN2C=O)o1. The number of nitrogens with two attached hydrogens (primary N) is 1. The van der Waals surface area contributed by atoms with Crippen LogP contribution in [-0.2, 0) is 10.3 Å². The van der Waals surface area contributed by atoms with E-state index >= 15 is 0 Å². The summed E-state index contributed by atoms with van der Waals surface area (Å²) in [5.74, 6) is 1.57. The van der Waals surface area contributed by atoms with Crippen molar-refractivity contribution in [2.24, 2.45) is 0 Å². The van der Waals surface area contributed by atoms with E-state index in [1.807, 2.05) is 36.2 Å². The number of furan rings is 1. The second-order valence-corrected chi connectivity index (χ2v) is 6.24. The molecule has 1 fully saturated rings. The fourth-order valence-corrected chi connectivity index (χ4v) is 3.69. The Hall–Kier alpha value is -2.83. The summed E-state index contributed by atoms with van der Waals surface area (Å²) < 4.78 is 7.61. The van der Waals surface area contributed by atoms with Crippen molar-refractivity contribution in [3.05, 3.63) is 47.8 Å². The monoisotopic (exact) mass is 325 g/mol. The minimum atomic E-state index is -0.664. The van der Waals surface area contributed by atoms with Crippen LogP contribution in [0.15, 0.2) is 35.1 Å². The zero-order valence-electron chi connectivity index (χ0n) is 13.5. The lowest BCUT2D eigenvalue weighted by molar-refractivity contribution is -0.125. The molecule has 1 amide bonds. The van der Waals surface area contributed by atoms with Crippen molar-refractivity contribution in [1.29, 1.82) is 0 Å². The molecule has 124 valence electrons. The minimum Gasteiger partial charge on any atom is -0.463 e. The lowest BCUT2D eigenvalue weighted by Gasteiger charge is -2.44. The Bertz CT molecular complexity index is 899. The van der Waals surface area contributed by atoms with E-state index in [4.69, 9.17) is 10.2 Å². The van der Waals surface area contributed by atoms with Crippen LogP contribution in [0.5, 0.6) is 0 Å². The zero-order valence-corrected chi connectivity index (χ0v) is 13.5. The van der Waals surface area contributed by atoms with Crippen molar-refractivity contribution in [3.8, 4) is 0 Å². The molecule has 0 aliphatic carbocycles. The van der Waals surface area contributed by atoms with E-state index in [9.17, 15) is 4.79 Å². The number of hydrogen-bond acceptors (Lipinski definition) is 5. The van der Waals surface area contributed by atoms with Crippen molar-refractivity contribution in [1.82, 2.24) is 19.5 Å². The van der Waals surface area contributed by atoms with E-state index in [0.717, 1.165) is 42.8 Å². The molecule has 4 heterocycles. The van der Waals surface area contributed by atoms with Gasteiger partial charge in [0.25, 0.3) is 0 Å². The number of rotatable bonds is 3. The number of piperidine rings is 1. The summed E-state index contributed by atoms with van der Waals surface area (Å²) >= 11 is 0. The number of fused-ring (bicyclic) bond motifs is 1. The van der Waals surface area contributed by atoms with E-state index < -0.39 is 5.54 Å². The summed E-state index contributed by atoms with van der Waals surface area (Å²) in [5, 5.41) is 4.20. The van der Waals surface area contributed by atoms with Gasteiger partial charge in [0.05, 0.1) is 5.69 Å². The Labute approximate surface area is 139 Å². The summed E-state index contributed by atoms with van der Waals surface area (Å²) in [7, 11) is 0. The number of likely N-dealkylation sites (tertiary alicyclic amines) is 1. The maximum atomic E-state index is 11.8. The smallest absolute Gasteiger partial charge is 0.210 e. The lowest BCUT2D eigenvalue weighted by Crippen LogP contribution is -2.49. The number of carbonyl (C=O) groups is 1. The van der Waals surface area contributed by atoms with Crippen LogP contribution in [-0.4, -0.2) is 32.5 Å². The number of anilines is 1. The molecule has 3 aromatic rings. The first-order chi connectivity index (χ1) is 11.6. The second kappa shape index (κ2) is 5.36. The van der Waals surface area contributed by atoms with Crippen LogP contribution in [0.4, 0.5) is 5.69 Å². The molecule has 0 radical (unpaired) electrons. The predicted octanol–water partition coefficient (Wildman–Crippen LogP) is 2.10. The van der Waals surface area contributed by atoms with Crippen molar-refractivity contribution in [2.75, 3.05) is 12.3 Å². The van der Waals surface area contributed by atoms with Crippen LogP contribution in [0, 0.1) is 6.92 Å². The molecule has 0 saturated carbocycles. The fourth-order valence-electron chi connectivity index (χ4n) is 3.69. The maximum absolute atomic E-state index is 11.8. The molecule has 1 aliphatic heterocycles. The predicted molar refractivity (Wildman–Crippen MR) is 88.2 cm³/mol. The van der Waals surface area contributed by atoms with E-state index in [0.29, 0.717) is 17.9 Å². The molecule has 0 spiro atoms. The average Bonchev–Trinajstić information content (AvgIpc) is 3.23. The summed E-state index contributed by atoms with van der Waals surface area (Å²) in [6, 6.07) is 5.74. The largest absolute Gasteiger partial charge is 0.463 e. The quantitative estimate of drug-likeness (QED) is 0.745. The maximum Gasteiger partial charge on any atom is 0.210 e. The summed E-state index contributed by atoms with van der Waals surface area (Å²) in [6.45, 7) is 2.58. The normalized spacial score (nSPS) is 21.3. The van der Waals surface area contributed by atoms with Crippen LogP contribution in [0.2, 0.25) is 0 Å². The van der Waals surface area contributed by atoms with Gasteiger partial charge in [-0.25, -0.2) is 9.50 Å². The highest BCUT2D eigenvalue weighted by molar-refractivity contribution is 5.66. The minimum absolute atomic E-state index is 0.532. The molecule has 0 bridgehead atoms. The Kier molecular flexibility index (Phi) is 3.30. The van der Waals surface area contributed by atoms with Gasteiger partial charge in [-0.2, -0.15) is 5.10 Å². The second-order valence-electron chi connectivity index (χ2n) is 6.24. The first-order valence-electron chi connectivity index (χ1n) is 8.03. The molecule has 7 nitrogen and oxygen atoms in total. The first kappa shape index (κ1) is 14.7. The van der Waals surface area contributed by atoms with Crippen LogP contribution in [0.3, 0.4) is 0 Å². The summed E-state index contributed by atoms with van der Waals surface area (Å²) in [6.07, 6.45) is 7.01. The van der Waals surface area contributed by atoms with Crippen LogP contribution >= 0.6 is 0 Å². The molecular weight excluding hydrogens is 306 g/mol. The van der Waals surface area contributed by atoms with Gasteiger partial charge in [-0.1, -0.05) is 0 Å². The van der Waals surface area contributed by atoms with E-state index in [1.165, 1.54) is 6.33 Å². The number of amides is 1. The van der Waals surface area contributed by atoms with E-state index in [-0.39, 0.29) is 0 Å². The topological polar surface area (TPSA) is 89.7 Å². The van der Waals surface area contributed by atoms with Gasteiger partial charge in [0, 0.05) is 18.3 Å². The molecule has 3 aromatic heterocycles. The lowest BCUT2D eigenvalue weighted by atomic mass is 9.79. The Morgan fingerprint density at radius 3 is 3.00 bits per heavy atom. The molecule has 1 unspecified atom stereocenters. The van der Waals surface area contributed by atoms with Crippen LogP contribution in [0.25, 0.3) is 5.65 Å². The van der Waals surface area contributed by atoms with Gasteiger partial charge in [0.2, 0.25) is 6.41 Å². The van der Waals surface area contributed by atoms with Crippen molar-refractivity contribution in [3.63, 3.8) is 0 Å². The highest BCUT2D eigenvalue weighted by Crippen LogP contribution is 2.44. The van der Waals surface area contributed by atoms with Crippen LogP contribution < -0.4 is 5.73 Å². The van der Waals surface area contributed by atoms with Gasteiger partial charge in [-0.15, -0.1) is 0 Å². The fraction of sp³-hybridized carbons (Fsp3) is 0.353. The number of pyridine rings is 1. The molecule has 1 aliphatic rings. The molecule has 0 aromatic carbocycles. The van der Waals surface area contributed by atoms with Crippen molar-refractivity contribution < 1.29 is 9.21 Å². The number of nitrogens with zero attached hydrogens (tertiary/aromatic N) is 4. The third-order valence-corrected chi connectivity index (χ3v) is 4.83. The Morgan fingerprint density at radius 2 is 2.25 bits per heavy atom. The average molecular weight is 325 g/mol. The van der Waals surface area contributed by atoms with Crippen LogP contribution in [0.1, 0.15) is 36.3 Å². The van der Waals surface area contributed by atoms with Gasteiger partial charge < -0.3 is 15.1 Å². The van der Waals surface area contributed by atoms with Crippen molar-refractivity contribution >= 4 is 17.7 Å². The highest BCUT2D eigenvalue weighted by atomic mass is 16.3. The number of aryl methyl sites for hydroxylation is 1. The number of aromatic nitrogens is 3. The molecule has 24 heavy (non-hydrogen) atoms. The third kappa shape index (κ3) is 2.01. The zero-order chi connectivity index (χ0) is 16.7. The standard InChI is InChI=1S/C17H19N5O2/c1-12-4-5-15(24-12)17(6-2-3-7-21(17)11-23)13-8-14(18)16-19-10-20-22(16)9-13/h4-5,8-11H,2-3,6-7,18H2,1H3. The summed E-state index contributed by atoms with van der Waals surface area (Å²) in [5.41, 5.74) is 7.54. The first-order valence-corrected chi connectivity index (χ1v) is 8.03. The summed E-state index contributed by atoms with van der Waals surface area (Å²) in [4.78, 5) is 17.8. The highest BCUT2D eigenvalue weighted by Gasteiger charge is 2.45. The number of hydrogen-bond donors (Lipinski definition) is 1. The Morgan fingerprint density at radius 1 is 1.38 bits per heavy atom. The van der Waals surface area contributed by atoms with E-state index in [2.05, 4.69) is 10.1 Å².